The fourth-order valence-electron chi connectivity index (χ4n) is 2.04. The molecular formula is C14H18N2O4. The molecule has 1 aromatic carbocycles. The van der Waals surface area contributed by atoms with Crippen LogP contribution in [0.2, 0.25) is 0 Å². The van der Waals surface area contributed by atoms with Crippen LogP contribution in [0.3, 0.4) is 0 Å². The summed E-state index contributed by atoms with van der Waals surface area (Å²) in [6.45, 7) is 2.45. The lowest BCUT2D eigenvalue weighted by Gasteiger charge is -2.23. The third-order valence-electron chi connectivity index (χ3n) is 3.08. The fraction of sp³-hybridized carbons (Fsp3) is 0.429. The van der Waals surface area contributed by atoms with Gasteiger partial charge in [0.1, 0.15) is 0 Å². The predicted octanol–water partition coefficient (Wildman–Crippen LogP) is 0.380. The third kappa shape index (κ3) is 4.32. The number of carboxylic acid groups (broad SMARTS) is 1. The number of carbonyl (C=O) groups excluding carboxylic acids is 1. The van der Waals surface area contributed by atoms with E-state index < -0.39 is 5.97 Å². The Bertz CT molecular complexity index is 484. The molecule has 0 saturated carbocycles. The summed E-state index contributed by atoms with van der Waals surface area (Å²) in [5, 5.41) is 14.8. The molecule has 6 nitrogen and oxygen atoms in total. The van der Waals surface area contributed by atoms with Crippen LogP contribution < -0.4 is 10.6 Å². The van der Waals surface area contributed by atoms with Gasteiger partial charge >= 0.3 is 5.97 Å². The van der Waals surface area contributed by atoms with Gasteiger partial charge in [-0.05, 0) is 17.7 Å². The van der Waals surface area contributed by atoms with Crippen molar-refractivity contribution < 1.29 is 19.4 Å². The van der Waals surface area contributed by atoms with Gasteiger partial charge < -0.3 is 20.5 Å². The van der Waals surface area contributed by atoms with Crippen molar-refractivity contribution >= 4 is 11.9 Å². The van der Waals surface area contributed by atoms with Gasteiger partial charge in [-0.1, -0.05) is 12.1 Å². The highest BCUT2D eigenvalue weighted by Gasteiger charge is 2.17. The maximum absolute atomic E-state index is 11.8. The van der Waals surface area contributed by atoms with E-state index in [2.05, 4.69) is 10.6 Å². The lowest BCUT2D eigenvalue weighted by molar-refractivity contribution is -0.124. The van der Waals surface area contributed by atoms with Crippen LogP contribution in [0, 0.1) is 0 Å². The van der Waals surface area contributed by atoms with E-state index in [9.17, 15) is 9.59 Å². The number of ether oxygens (including phenoxy) is 1. The van der Waals surface area contributed by atoms with Gasteiger partial charge in [-0.3, -0.25) is 4.79 Å². The fourth-order valence-corrected chi connectivity index (χ4v) is 2.04. The van der Waals surface area contributed by atoms with Crippen LogP contribution in [0.1, 0.15) is 22.3 Å². The minimum atomic E-state index is -0.972. The van der Waals surface area contributed by atoms with Crippen molar-refractivity contribution in [1.29, 1.82) is 0 Å². The first kappa shape index (κ1) is 14.5. The van der Waals surface area contributed by atoms with Crippen molar-refractivity contribution in [3.05, 3.63) is 35.4 Å². The van der Waals surface area contributed by atoms with Crippen LogP contribution >= 0.6 is 0 Å². The zero-order valence-electron chi connectivity index (χ0n) is 11.1. The van der Waals surface area contributed by atoms with Crippen molar-refractivity contribution in [2.24, 2.45) is 0 Å². The van der Waals surface area contributed by atoms with Crippen LogP contribution in [0.5, 0.6) is 0 Å². The molecule has 1 aromatic rings. The Morgan fingerprint density at radius 2 is 2.30 bits per heavy atom. The number of morpholine rings is 1. The Morgan fingerprint density at radius 3 is 3.00 bits per heavy atom. The van der Waals surface area contributed by atoms with Crippen molar-refractivity contribution in [1.82, 2.24) is 10.6 Å². The van der Waals surface area contributed by atoms with E-state index in [1.165, 1.54) is 6.07 Å². The van der Waals surface area contributed by atoms with Gasteiger partial charge in [-0.2, -0.15) is 0 Å². The molecular weight excluding hydrogens is 260 g/mol. The number of aromatic carboxylic acids is 1. The number of nitrogens with one attached hydrogen (secondary N) is 2. The number of hydrogen-bond donors (Lipinski definition) is 3. The van der Waals surface area contributed by atoms with Gasteiger partial charge in [0.15, 0.2) is 0 Å². The average Bonchev–Trinajstić information content (AvgIpc) is 2.46. The number of rotatable bonds is 5. The molecule has 0 radical (unpaired) electrons. The number of amides is 1. The quantitative estimate of drug-likeness (QED) is 0.724. The molecule has 0 aliphatic carbocycles. The van der Waals surface area contributed by atoms with Crippen molar-refractivity contribution in [2.75, 3.05) is 19.7 Å². The number of benzene rings is 1. The largest absolute Gasteiger partial charge is 0.478 e. The highest BCUT2D eigenvalue weighted by atomic mass is 16.5. The van der Waals surface area contributed by atoms with E-state index >= 15 is 0 Å². The molecule has 108 valence electrons. The maximum Gasteiger partial charge on any atom is 0.335 e. The van der Waals surface area contributed by atoms with Crippen LogP contribution in [0.15, 0.2) is 24.3 Å². The average molecular weight is 278 g/mol. The highest BCUT2D eigenvalue weighted by Crippen LogP contribution is 2.06. The molecule has 1 atom stereocenters. The molecule has 1 heterocycles. The summed E-state index contributed by atoms with van der Waals surface area (Å²) in [6, 6.07) is 6.53. The molecule has 1 saturated heterocycles. The van der Waals surface area contributed by atoms with Gasteiger partial charge in [-0.25, -0.2) is 4.79 Å². The Balaban J connectivity index is 1.80. The van der Waals surface area contributed by atoms with E-state index in [-0.39, 0.29) is 17.6 Å². The zero-order valence-corrected chi connectivity index (χ0v) is 11.1. The summed E-state index contributed by atoms with van der Waals surface area (Å²) in [5.41, 5.74) is 0.984. The van der Waals surface area contributed by atoms with Gasteiger partial charge in [-0.15, -0.1) is 0 Å². The number of hydrogen-bond acceptors (Lipinski definition) is 4. The summed E-state index contributed by atoms with van der Waals surface area (Å²) in [7, 11) is 0. The zero-order chi connectivity index (χ0) is 14.4. The minimum Gasteiger partial charge on any atom is -0.478 e. The van der Waals surface area contributed by atoms with E-state index in [1.54, 1.807) is 18.2 Å². The van der Waals surface area contributed by atoms with E-state index in [0.29, 0.717) is 26.1 Å². The first-order valence-electron chi connectivity index (χ1n) is 6.56. The molecule has 1 amide bonds. The summed E-state index contributed by atoms with van der Waals surface area (Å²) in [6.07, 6.45) is 0.222. The Morgan fingerprint density at radius 1 is 1.45 bits per heavy atom. The maximum atomic E-state index is 11.8. The summed E-state index contributed by atoms with van der Waals surface area (Å²) in [5.74, 6) is -1.07. The Hall–Kier alpha value is -1.92. The molecule has 0 bridgehead atoms. The Kier molecular flexibility index (Phi) is 5.09. The van der Waals surface area contributed by atoms with E-state index in [0.717, 1.165) is 12.1 Å². The van der Waals surface area contributed by atoms with Crippen LogP contribution in [-0.4, -0.2) is 42.8 Å². The second-order valence-corrected chi connectivity index (χ2v) is 4.68. The van der Waals surface area contributed by atoms with Crippen LogP contribution in [0.4, 0.5) is 0 Å². The lowest BCUT2D eigenvalue weighted by atomic mass is 10.1. The highest BCUT2D eigenvalue weighted by molar-refractivity contribution is 5.87. The summed E-state index contributed by atoms with van der Waals surface area (Å²) < 4.78 is 5.45. The smallest absolute Gasteiger partial charge is 0.335 e. The standard InChI is InChI=1S/C14H18N2O4/c17-13(7-12-9-15-4-5-20-12)16-8-10-2-1-3-11(6-10)14(18)19/h1-3,6,12,15H,4-5,7-9H2,(H,16,17)(H,18,19). The topological polar surface area (TPSA) is 87.7 Å². The second kappa shape index (κ2) is 7.02. The van der Waals surface area contributed by atoms with Gasteiger partial charge in [0.2, 0.25) is 5.91 Å². The van der Waals surface area contributed by atoms with Crippen molar-refractivity contribution in [2.45, 2.75) is 19.1 Å². The van der Waals surface area contributed by atoms with E-state index in [4.69, 9.17) is 9.84 Å². The molecule has 2 rings (SSSR count). The molecule has 0 spiro atoms. The SMILES string of the molecule is O=C(CC1CNCCO1)NCc1cccc(C(=O)O)c1. The molecule has 1 aliphatic rings. The third-order valence-corrected chi connectivity index (χ3v) is 3.08. The minimum absolute atomic E-state index is 0.0888. The number of carbonyl (C=O) groups is 2. The molecule has 0 aromatic heterocycles. The second-order valence-electron chi connectivity index (χ2n) is 4.68. The molecule has 3 N–H and O–H groups in total. The molecule has 1 fully saturated rings. The van der Waals surface area contributed by atoms with Crippen molar-refractivity contribution in [3.8, 4) is 0 Å². The lowest BCUT2D eigenvalue weighted by Crippen LogP contribution is -2.41. The first-order valence-corrected chi connectivity index (χ1v) is 6.56. The first-order chi connectivity index (χ1) is 9.65. The van der Waals surface area contributed by atoms with Crippen molar-refractivity contribution in [3.63, 3.8) is 0 Å². The van der Waals surface area contributed by atoms with Crippen LogP contribution in [0.25, 0.3) is 0 Å². The van der Waals surface area contributed by atoms with Crippen LogP contribution in [-0.2, 0) is 16.1 Å². The summed E-state index contributed by atoms with van der Waals surface area (Å²) >= 11 is 0. The Labute approximate surface area is 117 Å². The summed E-state index contributed by atoms with van der Waals surface area (Å²) in [4.78, 5) is 22.6. The van der Waals surface area contributed by atoms with Gasteiger partial charge in [0, 0.05) is 19.6 Å². The van der Waals surface area contributed by atoms with E-state index in [1.807, 2.05) is 0 Å². The molecule has 1 unspecified atom stereocenters. The monoisotopic (exact) mass is 278 g/mol. The number of carboxylic acids is 1. The molecule has 20 heavy (non-hydrogen) atoms. The van der Waals surface area contributed by atoms with Gasteiger partial charge in [0.25, 0.3) is 0 Å². The normalized spacial score (nSPS) is 18.5. The van der Waals surface area contributed by atoms with Gasteiger partial charge in [0.05, 0.1) is 24.7 Å². The molecule has 1 aliphatic heterocycles. The predicted molar refractivity (Wildman–Crippen MR) is 72.5 cm³/mol. The molecule has 6 heteroatoms.